The molecule has 0 saturated heterocycles. The first-order valence-electron chi connectivity index (χ1n) is 9.63. The Hall–Kier alpha value is -2.94. The van der Waals surface area contributed by atoms with Crippen molar-refractivity contribution < 1.29 is 4.39 Å². The van der Waals surface area contributed by atoms with E-state index in [4.69, 9.17) is 0 Å². The molecule has 0 saturated carbocycles. The van der Waals surface area contributed by atoms with Crippen LogP contribution >= 0.6 is 0 Å². The van der Waals surface area contributed by atoms with E-state index in [1.165, 1.54) is 11.6 Å². The molecule has 3 rings (SSSR count). The van der Waals surface area contributed by atoms with E-state index in [-0.39, 0.29) is 11.7 Å². The van der Waals surface area contributed by atoms with Gasteiger partial charge in [-0.3, -0.25) is 4.98 Å². The Kier molecular flexibility index (Phi) is 6.25. The highest BCUT2D eigenvalue weighted by molar-refractivity contribution is 5.86. The molecule has 0 aliphatic rings. The van der Waals surface area contributed by atoms with Crippen molar-refractivity contribution in [2.24, 2.45) is 5.92 Å². The Labute approximate surface area is 166 Å². The second-order valence-corrected chi connectivity index (χ2v) is 7.47. The lowest BCUT2D eigenvalue weighted by Gasteiger charge is -2.22. The summed E-state index contributed by atoms with van der Waals surface area (Å²) in [5.41, 5.74) is 5.65. The minimum atomic E-state index is -0.297. The van der Waals surface area contributed by atoms with Gasteiger partial charge in [-0.15, -0.1) is 6.58 Å². The minimum absolute atomic E-state index is 0.264. The van der Waals surface area contributed by atoms with Crippen molar-refractivity contribution in [3.8, 4) is 0 Å². The molecule has 1 N–H and O–H groups in total. The van der Waals surface area contributed by atoms with E-state index in [0.717, 1.165) is 47.2 Å². The van der Waals surface area contributed by atoms with Crippen LogP contribution in [0.1, 0.15) is 30.9 Å². The SMILES string of the molecule is C=C(C)C[C@H](CCc1ccccc1)C(=C)Nc1cnc2c(F)cccc2c1C. The van der Waals surface area contributed by atoms with Crippen LogP contribution in [0.4, 0.5) is 10.1 Å². The fraction of sp³-hybridized carbons (Fsp3) is 0.240. The number of anilines is 1. The van der Waals surface area contributed by atoms with Gasteiger partial charge in [0, 0.05) is 17.0 Å². The standard InChI is InChI=1S/C25H27FN2/c1-17(2)15-21(14-13-20-9-6-5-7-10-20)19(4)28-24-16-27-25-22(18(24)3)11-8-12-23(25)26/h5-12,16,21,28H,1,4,13-15H2,2-3H3/t21-/m0/s1. The highest BCUT2D eigenvalue weighted by Crippen LogP contribution is 2.29. The summed E-state index contributed by atoms with van der Waals surface area (Å²) in [6, 6.07) is 15.5. The van der Waals surface area contributed by atoms with Crippen molar-refractivity contribution in [3.05, 3.63) is 96.1 Å². The highest BCUT2D eigenvalue weighted by Gasteiger charge is 2.16. The first-order valence-corrected chi connectivity index (χ1v) is 9.63. The quantitative estimate of drug-likeness (QED) is 0.437. The number of hydrogen-bond acceptors (Lipinski definition) is 2. The number of pyridine rings is 1. The van der Waals surface area contributed by atoms with Gasteiger partial charge in [0.15, 0.2) is 0 Å². The molecule has 0 spiro atoms. The molecule has 0 bridgehead atoms. The normalized spacial score (nSPS) is 12.0. The summed E-state index contributed by atoms with van der Waals surface area (Å²) in [4.78, 5) is 4.31. The molecule has 0 fully saturated rings. The molecule has 144 valence electrons. The smallest absolute Gasteiger partial charge is 0.149 e. The van der Waals surface area contributed by atoms with Gasteiger partial charge in [-0.2, -0.15) is 0 Å². The summed E-state index contributed by atoms with van der Waals surface area (Å²) in [5.74, 6) is -0.0330. The molecule has 1 aromatic heterocycles. The van der Waals surface area contributed by atoms with Crippen LogP contribution in [0, 0.1) is 18.7 Å². The van der Waals surface area contributed by atoms with Crippen molar-refractivity contribution in [1.29, 1.82) is 0 Å². The highest BCUT2D eigenvalue weighted by atomic mass is 19.1. The molecular weight excluding hydrogens is 347 g/mol. The maximum atomic E-state index is 14.0. The van der Waals surface area contributed by atoms with Gasteiger partial charge < -0.3 is 5.32 Å². The van der Waals surface area contributed by atoms with Crippen molar-refractivity contribution >= 4 is 16.6 Å². The van der Waals surface area contributed by atoms with Crippen LogP contribution in [0.15, 0.2) is 79.2 Å². The predicted octanol–water partition coefficient (Wildman–Crippen LogP) is 6.82. The van der Waals surface area contributed by atoms with E-state index >= 15 is 0 Å². The van der Waals surface area contributed by atoms with Gasteiger partial charge in [0.05, 0.1) is 11.9 Å². The van der Waals surface area contributed by atoms with E-state index in [9.17, 15) is 4.39 Å². The monoisotopic (exact) mass is 374 g/mol. The van der Waals surface area contributed by atoms with Crippen LogP contribution in [-0.2, 0) is 6.42 Å². The molecule has 28 heavy (non-hydrogen) atoms. The molecule has 2 nitrogen and oxygen atoms in total. The molecule has 0 aliphatic heterocycles. The van der Waals surface area contributed by atoms with E-state index in [2.05, 4.69) is 54.6 Å². The molecule has 0 radical (unpaired) electrons. The molecule has 0 aliphatic carbocycles. The van der Waals surface area contributed by atoms with Crippen LogP contribution in [0.3, 0.4) is 0 Å². The predicted molar refractivity (Wildman–Crippen MR) is 117 cm³/mol. The van der Waals surface area contributed by atoms with Crippen LogP contribution in [0.25, 0.3) is 10.9 Å². The third kappa shape index (κ3) is 4.66. The number of rotatable bonds is 8. The number of nitrogens with zero attached hydrogens (tertiary/aromatic N) is 1. The molecule has 2 aromatic carbocycles. The average molecular weight is 375 g/mol. The zero-order valence-corrected chi connectivity index (χ0v) is 16.6. The van der Waals surface area contributed by atoms with Gasteiger partial charge >= 0.3 is 0 Å². The number of aromatic nitrogens is 1. The number of fused-ring (bicyclic) bond motifs is 1. The number of halogens is 1. The Morgan fingerprint density at radius 1 is 1.11 bits per heavy atom. The van der Waals surface area contributed by atoms with Crippen molar-refractivity contribution in [3.63, 3.8) is 0 Å². The molecule has 3 heteroatoms. The first kappa shape index (κ1) is 19.8. The number of allylic oxidation sites excluding steroid dienone is 2. The summed E-state index contributed by atoms with van der Waals surface area (Å²) in [6.07, 6.45) is 4.55. The topological polar surface area (TPSA) is 24.9 Å². The number of aryl methyl sites for hydroxylation is 2. The molecule has 0 unspecified atom stereocenters. The minimum Gasteiger partial charge on any atom is -0.358 e. The van der Waals surface area contributed by atoms with E-state index in [1.54, 1.807) is 12.3 Å². The summed E-state index contributed by atoms with van der Waals surface area (Å²) in [6.45, 7) is 12.4. The molecule has 1 atom stereocenters. The zero-order valence-electron chi connectivity index (χ0n) is 16.6. The van der Waals surface area contributed by atoms with Gasteiger partial charge in [0.25, 0.3) is 0 Å². The number of benzene rings is 2. The zero-order chi connectivity index (χ0) is 20.1. The second-order valence-electron chi connectivity index (χ2n) is 7.47. The van der Waals surface area contributed by atoms with Gasteiger partial charge in [-0.1, -0.05) is 54.6 Å². The summed E-state index contributed by atoms with van der Waals surface area (Å²) in [5, 5.41) is 4.26. The summed E-state index contributed by atoms with van der Waals surface area (Å²) >= 11 is 0. The third-order valence-corrected chi connectivity index (χ3v) is 5.12. The first-order chi connectivity index (χ1) is 13.5. The van der Waals surface area contributed by atoms with E-state index in [0.29, 0.717) is 5.52 Å². The van der Waals surface area contributed by atoms with Crippen molar-refractivity contribution in [1.82, 2.24) is 4.98 Å². The number of hydrogen-bond donors (Lipinski definition) is 1. The molecule has 1 heterocycles. The molecule has 0 amide bonds. The van der Waals surface area contributed by atoms with Crippen LogP contribution in [0.2, 0.25) is 0 Å². The van der Waals surface area contributed by atoms with Gasteiger partial charge in [-0.25, -0.2) is 4.39 Å². The van der Waals surface area contributed by atoms with E-state index in [1.807, 2.05) is 19.1 Å². The molecular formula is C25H27FN2. The largest absolute Gasteiger partial charge is 0.358 e. The Morgan fingerprint density at radius 3 is 2.57 bits per heavy atom. The Balaban J connectivity index is 1.78. The lowest BCUT2D eigenvalue weighted by molar-refractivity contribution is 0.559. The van der Waals surface area contributed by atoms with Crippen molar-refractivity contribution in [2.75, 3.05) is 5.32 Å². The maximum absolute atomic E-state index is 14.0. The summed E-state index contributed by atoms with van der Waals surface area (Å²) < 4.78 is 14.0. The van der Waals surface area contributed by atoms with Gasteiger partial charge in [0.2, 0.25) is 0 Å². The lowest BCUT2D eigenvalue weighted by atomic mass is 9.91. The van der Waals surface area contributed by atoms with Crippen LogP contribution in [-0.4, -0.2) is 4.98 Å². The average Bonchev–Trinajstić information content (AvgIpc) is 2.68. The van der Waals surface area contributed by atoms with E-state index < -0.39 is 0 Å². The van der Waals surface area contributed by atoms with Crippen LogP contribution < -0.4 is 5.32 Å². The molecule has 3 aromatic rings. The third-order valence-electron chi connectivity index (χ3n) is 5.12. The van der Waals surface area contributed by atoms with Crippen LogP contribution in [0.5, 0.6) is 0 Å². The Bertz CT molecular complexity index is 992. The lowest BCUT2D eigenvalue weighted by Crippen LogP contribution is -2.13. The Morgan fingerprint density at radius 2 is 1.86 bits per heavy atom. The van der Waals surface area contributed by atoms with Crippen molar-refractivity contribution in [2.45, 2.75) is 33.1 Å². The summed E-state index contributed by atoms with van der Waals surface area (Å²) in [7, 11) is 0. The number of nitrogens with one attached hydrogen (secondary N) is 1. The van der Waals surface area contributed by atoms with Gasteiger partial charge in [0.1, 0.15) is 11.3 Å². The van der Waals surface area contributed by atoms with Gasteiger partial charge in [-0.05, 0) is 50.3 Å². The fourth-order valence-corrected chi connectivity index (χ4v) is 3.53. The second kappa shape index (κ2) is 8.83. The fourth-order valence-electron chi connectivity index (χ4n) is 3.53. The maximum Gasteiger partial charge on any atom is 0.149 e. The number of para-hydroxylation sites is 1.